The van der Waals surface area contributed by atoms with E-state index in [1.807, 2.05) is 0 Å². The number of carbonyl (C=O) groups is 1. The van der Waals surface area contributed by atoms with Crippen molar-refractivity contribution in [3.8, 4) is 11.5 Å². The van der Waals surface area contributed by atoms with Crippen molar-refractivity contribution >= 4 is 22.1 Å². The molecule has 1 saturated heterocycles. The van der Waals surface area contributed by atoms with Crippen molar-refractivity contribution < 1.29 is 27.4 Å². The molecule has 3 rings (SSSR count). The van der Waals surface area contributed by atoms with Crippen LogP contribution in [0.2, 0.25) is 0 Å². The number of hydrogen-bond donors (Lipinski definition) is 1. The van der Waals surface area contributed by atoms with Crippen LogP contribution >= 0.6 is 0 Å². The Bertz CT molecular complexity index is 1020. The van der Waals surface area contributed by atoms with E-state index in [1.165, 1.54) is 50.2 Å². The van der Waals surface area contributed by atoms with Crippen molar-refractivity contribution in [1.82, 2.24) is 19.5 Å². The van der Waals surface area contributed by atoms with Gasteiger partial charge >= 0.3 is 5.97 Å². The van der Waals surface area contributed by atoms with E-state index in [0.717, 1.165) is 6.42 Å². The minimum Gasteiger partial charge on any atom is -0.493 e. The second kappa shape index (κ2) is 9.26. The number of carbonyl (C=O) groups excluding carboxylic acids is 1. The summed E-state index contributed by atoms with van der Waals surface area (Å²) in [5, 5.41) is 6.68. The number of piperidine rings is 1. The highest BCUT2D eigenvalue weighted by atomic mass is 32.2. The topological polar surface area (TPSA) is 124 Å². The van der Waals surface area contributed by atoms with Crippen LogP contribution in [0.1, 0.15) is 30.1 Å². The molecule has 1 atom stereocenters. The lowest BCUT2D eigenvalue weighted by Crippen LogP contribution is -2.39. The van der Waals surface area contributed by atoms with Gasteiger partial charge in [0.15, 0.2) is 11.5 Å². The summed E-state index contributed by atoms with van der Waals surface area (Å²) in [5.41, 5.74) is 0.459. The smallest absolute Gasteiger partial charge is 0.330 e. The zero-order valence-corrected chi connectivity index (χ0v) is 17.8. The van der Waals surface area contributed by atoms with Gasteiger partial charge in [0.25, 0.3) is 0 Å². The Morgan fingerprint density at radius 1 is 1.27 bits per heavy atom. The number of H-pyrrole nitrogens is 1. The highest BCUT2D eigenvalue weighted by molar-refractivity contribution is 7.89. The molecule has 11 heteroatoms. The Labute approximate surface area is 174 Å². The summed E-state index contributed by atoms with van der Waals surface area (Å²) in [6.45, 7) is 0.645. The van der Waals surface area contributed by atoms with Gasteiger partial charge < -0.3 is 14.2 Å². The van der Waals surface area contributed by atoms with E-state index in [4.69, 9.17) is 9.47 Å². The molecule has 2 heterocycles. The third kappa shape index (κ3) is 4.46. The Morgan fingerprint density at radius 2 is 2.07 bits per heavy atom. The van der Waals surface area contributed by atoms with E-state index in [9.17, 15) is 13.2 Å². The van der Waals surface area contributed by atoms with Crippen LogP contribution in [-0.2, 0) is 19.6 Å². The number of ether oxygens (including phenoxy) is 3. The molecule has 162 valence electrons. The van der Waals surface area contributed by atoms with E-state index in [0.29, 0.717) is 24.4 Å². The predicted octanol–water partition coefficient (Wildman–Crippen LogP) is 1.58. The molecule has 1 aromatic carbocycles. The number of rotatable bonds is 7. The van der Waals surface area contributed by atoms with Crippen molar-refractivity contribution in [2.75, 3.05) is 34.4 Å². The first-order valence-electron chi connectivity index (χ1n) is 9.28. The normalized spacial score (nSPS) is 17.8. The molecule has 1 fully saturated rings. The molecule has 0 aliphatic carbocycles. The van der Waals surface area contributed by atoms with Gasteiger partial charge in [0.1, 0.15) is 17.0 Å². The molecule has 0 bridgehead atoms. The summed E-state index contributed by atoms with van der Waals surface area (Å²) in [7, 11) is 0.153. The van der Waals surface area contributed by atoms with Crippen molar-refractivity contribution in [2.24, 2.45) is 0 Å². The summed E-state index contributed by atoms with van der Waals surface area (Å²) < 4.78 is 43.8. The first-order chi connectivity index (χ1) is 14.4. The van der Waals surface area contributed by atoms with Gasteiger partial charge in [-0.2, -0.15) is 9.40 Å². The monoisotopic (exact) mass is 436 g/mol. The average molecular weight is 436 g/mol. The van der Waals surface area contributed by atoms with Crippen LogP contribution in [-0.4, -0.2) is 68.3 Å². The quantitative estimate of drug-likeness (QED) is 0.512. The molecule has 10 nitrogen and oxygen atoms in total. The number of hydrogen-bond acceptors (Lipinski definition) is 8. The first kappa shape index (κ1) is 21.8. The lowest BCUT2D eigenvalue weighted by Gasteiger charge is -2.31. The molecule has 0 saturated carbocycles. The van der Waals surface area contributed by atoms with Crippen molar-refractivity contribution in [3.63, 3.8) is 0 Å². The zero-order chi connectivity index (χ0) is 21.7. The van der Waals surface area contributed by atoms with Gasteiger partial charge in [-0.3, -0.25) is 5.10 Å². The summed E-state index contributed by atoms with van der Waals surface area (Å²) in [6, 6.07) is 3.04. The number of nitrogens with one attached hydrogen (secondary N) is 1. The van der Waals surface area contributed by atoms with Crippen LogP contribution in [0.3, 0.4) is 0 Å². The lowest BCUT2D eigenvalue weighted by molar-refractivity contribution is -0.134. The van der Waals surface area contributed by atoms with Crippen molar-refractivity contribution in [1.29, 1.82) is 0 Å². The van der Waals surface area contributed by atoms with Gasteiger partial charge in [0, 0.05) is 25.1 Å². The maximum absolute atomic E-state index is 13.5. The minimum atomic E-state index is -3.91. The second-order valence-corrected chi connectivity index (χ2v) is 8.59. The fraction of sp³-hybridized carbons (Fsp3) is 0.421. The van der Waals surface area contributed by atoms with Gasteiger partial charge in [0.05, 0.1) is 21.3 Å². The lowest BCUT2D eigenvalue weighted by atomic mass is 9.99. The SMILES string of the molecule is COC(=O)/C=C\c1cc(OC)c(OC)c(S(=O)(=O)N2CCC[C@H](c3ncn[nH]3)C2)c1. The largest absolute Gasteiger partial charge is 0.493 e. The molecule has 2 aromatic rings. The van der Waals surface area contributed by atoms with Gasteiger partial charge in [-0.05, 0) is 36.6 Å². The number of esters is 1. The van der Waals surface area contributed by atoms with E-state index in [2.05, 4.69) is 19.9 Å². The maximum Gasteiger partial charge on any atom is 0.330 e. The number of benzene rings is 1. The molecule has 1 aromatic heterocycles. The van der Waals surface area contributed by atoms with Crippen molar-refractivity contribution in [2.45, 2.75) is 23.7 Å². The molecule has 0 spiro atoms. The fourth-order valence-corrected chi connectivity index (χ4v) is 5.13. The maximum atomic E-state index is 13.5. The van der Waals surface area contributed by atoms with Crippen LogP contribution in [0.15, 0.2) is 29.4 Å². The Balaban J connectivity index is 2.00. The van der Waals surface area contributed by atoms with Gasteiger partial charge in [-0.15, -0.1) is 0 Å². The van der Waals surface area contributed by atoms with E-state index in [-0.39, 0.29) is 28.9 Å². The second-order valence-electron chi connectivity index (χ2n) is 6.68. The van der Waals surface area contributed by atoms with E-state index < -0.39 is 16.0 Å². The standard InChI is InChI=1S/C19H24N4O6S/c1-27-15-9-13(6-7-17(24)28-2)10-16(18(15)29-3)30(25,26)23-8-4-5-14(11-23)19-20-12-21-22-19/h6-7,9-10,12,14H,4-5,8,11H2,1-3H3,(H,20,21,22)/b7-6-/t14-/m0/s1. The summed E-state index contributed by atoms with van der Waals surface area (Å²) >= 11 is 0. The van der Waals surface area contributed by atoms with E-state index >= 15 is 0 Å². The molecule has 1 aliphatic heterocycles. The van der Waals surface area contributed by atoms with Crippen LogP contribution in [0, 0.1) is 0 Å². The Kier molecular flexibility index (Phi) is 6.73. The van der Waals surface area contributed by atoms with Crippen LogP contribution in [0.4, 0.5) is 0 Å². The number of aromatic amines is 1. The number of aromatic nitrogens is 3. The number of sulfonamides is 1. The van der Waals surface area contributed by atoms with Crippen LogP contribution < -0.4 is 9.47 Å². The first-order valence-corrected chi connectivity index (χ1v) is 10.7. The number of methoxy groups -OCH3 is 3. The third-order valence-corrected chi connectivity index (χ3v) is 6.77. The van der Waals surface area contributed by atoms with E-state index in [1.54, 1.807) is 6.07 Å². The average Bonchev–Trinajstić information content (AvgIpc) is 3.31. The molecular weight excluding hydrogens is 412 g/mol. The molecule has 0 amide bonds. The fourth-order valence-electron chi connectivity index (χ4n) is 3.40. The Hall–Kier alpha value is -2.92. The summed E-state index contributed by atoms with van der Waals surface area (Å²) in [5.74, 6) is 0.377. The summed E-state index contributed by atoms with van der Waals surface area (Å²) in [6.07, 6.45) is 5.57. The van der Waals surface area contributed by atoms with Gasteiger partial charge in [-0.25, -0.2) is 18.2 Å². The van der Waals surface area contributed by atoms with Crippen LogP contribution in [0.25, 0.3) is 6.08 Å². The number of nitrogens with zero attached hydrogens (tertiary/aromatic N) is 3. The van der Waals surface area contributed by atoms with Gasteiger partial charge in [-0.1, -0.05) is 0 Å². The molecule has 30 heavy (non-hydrogen) atoms. The molecule has 1 aliphatic rings. The Morgan fingerprint density at radius 3 is 2.70 bits per heavy atom. The highest BCUT2D eigenvalue weighted by Gasteiger charge is 2.35. The zero-order valence-electron chi connectivity index (χ0n) is 17.0. The minimum absolute atomic E-state index is 0.0351. The van der Waals surface area contributed by atoms with Crippen molar-refractivity contribution in [3.05, 3.63) is 35.9 Å². The molecule has 0 unspecified atom stereocenters. The highest BCUT2D eigenvalue weighted by Crippen LogP contribution is 2.39. The third-order valence-electron chi connectivity index (χ3n) is 4.90. The van der Waals surface area contributed by atoms with Crippen LogP contribution in [0.5, 0.6) is 11.5 Å². The van der Waals surface area contributed by atoms with Gasteiger partial charge in [0.2, 0.25) is 10.0 Å². The molecule has 1 N–H and O–H groups in total. The molecular formula is C19H24N4O6S. The summed E-state index contributed by atoms with van der Waals surface area (Å²) in [4.78, 5) is 15.6. The predicted molar refractivity (Wildman–Crippen MR) is 108 cm³/mol. The molecule has 0 radical (unpaired) electrons.